The Labute approximate surface area is 114 Å². The summed E-state index contributed by atoms with van der Waals surface area (Å²) >= 11 is 0. The molecule has 1 unspecified atom stereocenters. The van der Waals surface area contributed by atoms with Crippen molar-refractivity contribution < 1.29 is 14.6 Å². The van der Waals surface area contributed by atoms with Crippen LogP contribution < -0.4 is 0 Å². The summed E-state index contributed by atoms with van der Waals surface area (Å²) in [6.45, 7) is 4.00. The number of aliphatic hydroxyl groups is 1. The Morgan fingerprint density at radius 1 is 1.11 bits per heavy atom. The van der Waals surface area contributed by atoms with Crippen molar-refractivity contribution in [1.82, 2.24) is 9.80 Å². The van der Waals surface area contributed by atoms with Gasteiger partial charge in [0.2, 0.25) is 5.91 Å². The van der Waals surface area contributed by atoms with E-state index >= 15 is 0 Å². The number of aliphatic hydroxyl groups excluding tert-OH is 1. The molecule has 1 amide bonds. The normalized spacial score (nSPS) is 35.0. The van der Waals surface area contributed by atoms with Gasteiger partial charge in [-0.1, -0.05) is 0 Å². The van der Waals surface area contributed by atoms with Crippen molar-refractivity contribution in [1.29, 1.82) is 0 Å². The highest BCUT2D eigenvalue weighted by Gasteiger charge is 2.36. The molecule has 5 heteroatoms. The van der Waals surface area contributed by atoms with Gasteiger partial charge in [-0.25, -0.2) is 0 Å². The van der Waals surface area contributed by atoms with Crippen molar-refractivity contribution in [3.05, 3.63) is 0 Å². The lowest BCUT2D eigenvalue weighted by atomic mass is 9.98. The summed E-state index contributed by atoms with van der Waals surface area (Å²) in [5, 5.41) is 9.87. The van der Waals surface area contributed by atoms with E-state index in [0.717, 1.165) is 51.7 Å². The highest BCUT2D eigenvalue weighted by molar-refractivity contribution is 5.77. The van der Waals surface area contributed by atoms with E-state index in [1.54, 1.807) is 0 Å². The van der Waals surface area contributed by atoms with Crippen LogP contribution in [0, 0.1) is 0 Å². The second-order valence-electron chi connectivity index (χ2n) is 5.98. The second-order valence-corrected chi connectivity index (χ2v) is 5.98. The van der Waals surface area contributed by atoms with Crippen LogP contribution in [-0.2, 0) is 9.53 Å². The number of likely N-dealkylation sites (tertiary alicyclic amines) is 2. The van der Waals surface area contributed by atoms with Crippen molar-refractivity contribution in [2.24, 2.45) is 0 Å². The first-order valence-electron chi connectivity index (χ1n) is 7.55. The molecular weight excluding hydrogens is 244 g/mol. The summed E-state index contributed by atoms with van der Waals surface area (Å²) in [5.74, 6) is 0.342. The molecule has 0 saturated carbocycles. The molecular formula is C14H24N2O3. The summed E-state index contributed by atoms with van der Waals surface area (Å²) in [6.07, 6.45) is 4.67. The molecule has 0 aromatic rings. The number of amides is 1. The largest absolute Gasteiger partial charge is 0.389 e. The third-order valence-electron chi connectivity index (χ3n) is 4.79. The van der Waals surface area contributed by atoms with Crippen molar-refractivity contribution in [2.45, 2.75) is 50.3 Å². The highest BCUT2D eigenvalue weighted by atomic mass is 16.5. The maximum Gasteiger partial charge on any atom is 0.222 e. The Morgan fingerprint density at radius 2 is 1.89 bits per heavy atom. The van der Waals surface area contributed by atoms with Gasteiger partial charge >= 0.3 is 0 Å². The minimum atomic E-state index is -0.340. The van der Waals surface area contributed by atoms with Crippen LogP contribution in [0.3, 0.4) is 0 Å². The standard InChI is InChI=1S/C14H24N2O3/c17-13-10-19-9-12(13)15-7-4-11(5-8-15)16-6-2-1-3-14(16)18/h11-13,17H,1-10H2/t12?,13-/m0/s1. The lowest BCUT2D eigenvalue weighted by molar-refractivity contribution is -0.137. The van der Waals surface area contributed by atoms with Crippen molar-refractivity contribution in [3.8, 4) is 0 Å². The van der Waals surface area contributed by atoms with Crippen LogP contribution in [-0.4, -0.2) is 71.8 Å². The van der Waals surface area contributed by atoms with E-state index in [0.29, 0.717) is 25.2 Å². The van der Waals surface area contributed by atoms with Crippen LogP contribution in [0.5, 0.6) is 0 Å². The molecule has 0 aliphatic carbocycles. The highest BCUT2D eigenvalue weighted by Crippen LogP contribution is 2.24. The fraction of sp³-hybridized carbons (Fsp3) is 0.929. The van der Waals surface area contributed by atoms with E-state index in [2.05, 4.69) is 9.80 Å². The molecule has 3 rings (SSSR count). The molecule has 0 bridgehead atoms. The van der Waals surface area contributed by atoms with Gasteiger partial charge in [-0.05, 0) is 25.7 Å². The van der Waals surface area contributed by atoms with Gasteiger partial charge in [0.05, 0.1) is 25.4 Å². The van der Waals surface area contributed by atoms with Crippen LogP contribution in [0.4, 0.5) is 0 Å². The number of carbonyl (C=O) groups excluding carboxylic acids is 1. The molecule has 2 atom stereocenters. The first kappa shape index (κ1) is 13.3. The predicted molar refractivity (Wildman–Crippen MR) is 70.8 cm³/mol. The monoisotopic (exact) mass is 268 g/mol. The van der Waals surface area contributed by atoms with E-state index in [9.17, 15) is 9.90 Å². The van der Waals surface area contributed by atoms with Crippen LogP contribution in [0.25, 0.3) is 0 Å². The molecule has 0 aromatic heterocycles. The lowest BCUT2D eigenvalue weighted by Gasteiger charge is -2.42. The van der Waals surface area contributed by atoms with E-state index < -0.39 is 0 Å². The van der Waals surface area contributed by atoms with Crippen LogP contribution in [0.2, 0.25) is 0 Å². The number of ether oxygens (including phenoxy) is 1. The molecule has 0 radical (unpaired) electrons. The fourth-order valence-electron chi connectivity index (χ4n) is 3.62. The maximum absolute atomic E-state index is 11.9. The number of hydrogen-bond acceptors (Lipinski definition) is 4. The molecule has 5 nitrogen and oxygen atoms in total. The summed E-state index contributed by atoms with van der Waals surface area (Å²) in [7, 11) is 0. The molecule has 3 saturated heterocycles. The zero-order valence-electron chi connectivity index (χ0n) is 11.5. The predicted octanol–water partition coefficient (Wildman–Crippen LogP) is 0.223. The molecule has 3 heterocycles. The topological polar surface area (TPSA) is 53.0 Å². The summed E-state index contributed by atoms with van der Waals surface area (Å²) in [4.78, 5) is 16.4. The Balaban J connectivity index is 1.52. The molecule has 0 spiro atoms. The van der Waals surface area contributed by atoms with E-state index in [-0.39, 0.29) is 12.1 Å². The van der Waals surface area contributed by atoms with Crippen molar-refractivity contribution >= 4 is 5.91 Å². The Kier molecular flexibility index (Phi) is 4.05. The Hall–Kier alpha value is -0.650. The quantitative estimate of drug-likeness (QED) is 0.778. The minimum Gasteiger partial charge on any atom is -0.389 e. The minimum absolute atomic E-state index is 0.165. The fourth-order valence-corrected chi connectivity index (χ4v) is 3.62. The molecule has 3 aliphatic rings. The van der Waals surface area contributed by atoms with Gasteiger partial charge in [0.15, 0.2) is 0 Å². The van der Waals surface area contributed by atoms with Gasteiger partial charge < -0.3 is 14.7 Å². The summed E-state index contributed by atoms with van der Waals surface area (Å²) in [5.41, 5.74) is 0. The van der Waals surface area contributed by atoms with Gasteiger partial charge in [0.25, 0.3) is 0 Å². The first-order chi connectivity index (χ1) is 9.25. The van der Waals surface area contributed by atoms with E-state index in [4.69, 9.17) is 4.74 Å². The summed E-state index contributed by atoms with van der Waals surface area (Å²) < 4.78 is 5.33. The molecule has 108 valence electrons. The Bertz CT molecular complexity index is 329. The maximum atomic E-state index is 11.9. The second kappa shape index (κ2) is 5.77. The smallest absolute Gasteiger partial charge is 0.222 e. The average Bonchev–Trinajstić information content (AvgIpc) is 2.86. The molecule has 1 N–H and O–H groups in total. The van der Waals surface area contributed by atoms with Crippen molar-refractivity contribution in [2.75, 3.05) is 32.8 Å². The lowest BCUT2D eigenvalue weighted by Crippen LogP contribution is -2.53. The third-order valence-corrected chi connectivity index (χ3v) is 4.79. The van der Waals surface area contributed by atoms with Crippen LogP contribution in [0.1, 0.15) is 32.1 Å². The third kappa shape index (κ3) is 2.78. The average molecular weight is 268 g/mol. The number of hydrogen-bond donors (Lipinski definition) is 1. The molecule has 19 heavy (non-hydrogen) atoms. The van der Waals surface area contributed by atoms with E-state index in [1.165, 1.54) is 0 Å². The van der Waals surface area contributed by atoms with Crippen molar-refractivity contribution in [3.63, 3.8) is 0 Å². The van der Waals surface area contributed by atoms with Crippen LogP contribution in [0.15, 0.2) is 0 Å². The first-order valence-corrected chi connectivity index (χ1v) is 7.55. The van der Waals surface area contributed by atoms with E-state index in [1.807, 2.05) is 0 Å². The molecule has 3 fully saturated rings. The number of carbonyl (C=O) groups is 1. The number of nitrogens with zero attached hydrogens (tertiary/aromatic N) is 2. The van der Waals surface area contributed by atoms with Gasteiger partial charge in [0.1, 0.15) is 0 Å². The summed E-state index contributed by atoms with van der Waals surface area (Å²) in [6, 6.07) is 0.585. The van der Waals surface area contributed by atoms with Gasteiger partial charge in [0, 0.05) is 32.1 Å². The zero-order chi connectivity index (χ0) is 13.2. The molecule has 0 aromatic carbocycles. The van der Waals surface area contributed by atoms with Gasteiger partial charge in [-0.15, -0.1) is 0 Å². The number of rotatable bonds is 2. The van der Waals surface area contributed by atoms with Gasteiger partial charge in [-0.2, -0.15) is 0 Å². The number of piperidine rings is 2. The SMILES string of the molecule is O=C1CCCCN1C1CCN(C2COC[C@@H]2O)CC1. The Morgan fingerprint density at radius 3 is 2.53 bits per heavy atom. The zero-order valence-corrected chi connectivity index (χ0v) is 11.5. The van der Waals surface area contributed by atoms with Gasteiger partial charge in [-0.3, -0.25) is 9.69 Å². The van der Waals surface area contributed by atoms with Crippen LogP contribution >= 0.6 is 0 Å². The molecule has 3 aliphatic heterocycles.